The normalized spacial score (nSPS) is 20.4. The predicted molar refractivity (Wildman–Crippen MR) is 73.8 cm³/mol. The number of aromatic nitrogens is 1. The minimum atomic E-state index is 0.437. The zero-order valence-electron chi connectivity index (χ0n) is 11.5. The van der Waals surface area contributed by atoms with Gasteiger partial charge in [-0.3, -0.25) is 4.98 Å². The summed E-state index contributed by atoms with van der Waals surface area (Å²) in [5, 5.41) is 3.40. The van der Waals surface area contributed by atoms with E-state index in [2.05, 4.69) is 48.1 Å². The van der Waals surface area contributed by atoms with Crippen molar-refractivity contribution in [3.05, 3.63) is 24.0 Å². The molecule has 0 amide bonds. The monoisotopic (exact) mass is 249 g/mol. The van der Waals surface area contributed by atoms with Crippen LogP contribution < -0.4 is 10.2 Å². The number of nitrogens with one attached hydrogen (secondary N) is 1. The summed E-state index contributed by atoms with van der Waals surface area (Å²) in [5.41, 5.74) is 2.35. The highest BCUT2D eigenvalue weighted by Gasteiger charge is 2.19. The summed E-state index contributed by atoms with van der Waals surface area (Å²) in [4.78, 5) is 6.80. The van der Waals surface area contributed by atoms with Crippen molar-refractivity contribution in [2.75, 3.05) is 24.7 Å². The lowest BCUT2D eigenvalue weighted by Crippen LogP contribution is -2.43. The maximum Gasteiger partial charge on any atom is 0.0668 e. The number of hydrogen-bond acceptors (Lipinski definition) is 4. The summed E-state index contributed by atoms with van der Waals surface area (Å²) in [6.07, 6.45) is 1.90. The lowest BCUT2D eigenvalue weighted by Gasteiger charge is -2.35. The van der Waals surface area contributed by atoms with Crippen molar-refractivity contribution in [1.82, 2.24) is 10.3 Å². The largest absolute Gasteiger partial charge is 0.377 e. The van der Waals surface area contributed by atoms with Crippen LogP contribution in [0.25, 0.3) is 0 Å². The SMILES string of the molecule is CC(C)NCc1cc(N2CCOCC2C)ccn1. The molecule has 4 nitrogen and oxygen atoms in total. The van der Waals surface area contributed by atoms with Crippen molar-refractivity contribution < 1.29 is 4.74 Å². The van der Waals surface area contributed by atoms with Gasteiger partial charge >= 0.3 is 0 Å². The van der Waals surface area contributed by atoms with Gasteiger partial charge in [-0.05, 0) is 19.1 Å². The van der Waals surface area contributed by atoms with Crippen LogP contribution in [0.3, 0.4) is 0 Å². The first-order valence-electron chi connectivity index (χ1n) is 6.69. The topological polar surface area (TPSA) is 37.4 Å². The number of pyridine rings is 1. The second-order valence-electron chi connectivity index (χ2n) is 5.16. The number of morpholine rings is 1. The van der Waals surface area contributed by atoms with E-state index in [0.29, 0.717) is 12.1 Å². The highest BCUT2D eigenvalue weighted by molar-refractivity contribution is 5.47. The molecular weight excluding hydrogens is 226 g/mol. The Balaban J connectivity index is 2.06. The van der Waals surface area contributed by atoms with Gasteiger partial charge in [-0.2, -0.15) is 0 Å². The third-order valence-corrected chi connectivity index (χ3v) is 3.19. The molecule has 1 unspecified atom stereocenters. The molecule has 2 heterocycles. The van der Waals surface area contributed by atoms with Crippen LogP contribution in [0, 0.1) is 0 Å². The van der Waals surface area contributed by atoms with Gasteiger partial charge in [0.25, 0.3) is 0 Å². The number of anilines is 1. The van der Waals surface area contributed by atoms with Crippen LogP contribution in [-0.2, 0) is 11.3 Å². The van der Waals surface area contributed by atoms with Gasteiger partial charge in [0.1, 0.15) is 0 Å². The van der Waals surface area contributed by atoms with Gasteiger partial charge in [-0.15, -0.1) is 0 Å². The van der Waals surface area contributed by atoms with Gasteiger partial charge in [-0.25, -0.2) is 0 Å². The molecule has 1 aromatic rings. The van der Waals surface area contributed by atoms with Gasteiger partial charge < -0.3 is 15.0 Å². The van der Waals surface area contributed by atoms with E-state index in [0.717, 1.165) is 32.0 Å². The van der Waals surface area contributed by atoms with Crippen LogP contribution in [-0.4, -0.2) is 36.8 Å². The third-order valence-electron chi connectivity index (χ3n) is 3.19. The molecule has 1 N–H and O–H groups in total. The lowest BCUT2D eigenvalue weighted by molar-refractivity contribution is 0.0989. The molecule has 18 heavy (non-hydrogen) atoms. The Bertz CT molecular complexity index is 381. The molecule has 0 saturated carbocycles. The molecule has 0 aromatic carbocycles. The smallest absolute Gasteiger partial charge is 0.0668 e. The minimum Gasteiger partial charge on any atom is -0.377 e. The standard InChI is InChI=1S/C14H23N3O/c1-11(2)16-9-13-8-14(4-5-15-13)17-6-7-18-10-12(17)3/h4-5,8,11-12,16H,6-7,9-10H2,1-3H3. The summed E-state index contributed by atoms with van der Waals surface area (Å²) in [6.45, 7) is 9.90. The molecule has 0 bridgehead atoms. The van der Waals surface area contributed by atoms with Gasteiger partial charge in [0, 0.05) is 37.1 Å². The first-order valence-corrected chi connectivity index (χ1v) is 6.69. The Hall–Kier alpha value is -1.13. The van der Waals surface area contributed by atoms with Crippen LogP contribution in [0.1, 0.15) is 26.5 Å². The Morgan fingerprint density at radius 2 is 2.39 bits per heavy atom. The first-order chi connectivity index (χ1) is 8.66. The Kier molecular flexibility index (Phi) is 4.55. The summed E-state index contributed by atoms with van der Waals surface area (Å²) >= 11 is 0. The van der Waals surface area contributed by atoms with E-state index in [1.807, 2.05) is 6.20 Å². The van der Waals surface area contributed by atoms with Crippen molar-refractivity contribution in [3.63, 3.8) is 0 Å². The first kappa shape index (κ1) is 13.3. The van der Waals surface area contributed by atoms with Crippen molar-refractivity contribution in [2.24, 2.45) is 0 Å². The van der Waals surface area contributed by atoms with Crippen molar-refractivity contribution in [2.45, 2.75) is 39.4 Å². The average Bonchev–Trinajstić information content (AvgIpc) is 2.37. The molecule has 1 aromatic heterocycles. The van der Waals surface area contributed by atoms with Crippen LogP contribution >= 0.6 is 0 Å². The fraction of sp³-hybridized carbons (Fsp3) is 0.643. The van der Waals surface area contributed by atoms with Crippen LogP contribution in [0.2, 0.25) is 0 Å². The van der Waals surface area contributed by atoms with Gasteiger partial charge in [0.05, 0.1) is 18.9 Å². The van der Waals surface area contributed by atoms with Gasteiger partial charge in [0.15, 0.2) is 0 Å². The Morgan fingerprint density at radius 3 is 3.11 bits per heavy atom. The van der Waals surface area contributed by atoms with Crippen LogP contribution in [0.5, 0.6) is 0 Å². The van der Waals surface area contributed by atoms with Crippen LogP contribution in [0.15, 0.2) is 18.3 Å². The summed E-state index contributed by atoms with van der Waals surface area (Å²) in [5.74, 6) is 0. The quantitative estimate of drug-likeness (QED) is 0.883. The summed E-state index contributed by atoms with van der Waals surface area (Å²) in [6, 6.07) is 5.18. The van der Waals surface area contributed by atoms with Crippen molar-refractivity contribution in [1.29, 1.82) is 0 Å². The molecule has 1 aliphatic rings. The summed E-state index contributed by atoms with van der Waals surface area (Å²) in [7, 11) is 0. The van der Waals surface area contributed by atoms with Gasteiger partial charge in [0.2, 0.25) is 0 Å². The van der Waals surface area contributed by atoms with Gasteiger partial charge in [-0.1, -0.05) is 13.8 Å². The van der Waals surface area contributed by atoms with E-state index in [-0.39, 0.29) is 0 Å². The zero-order chi connectivity index (χ0) is 13.0. The fourth-order valence-corrected chi connectivity index (χ4v) is 2.16. The van der Waals surface area contributed by atoms with Crippen molar-refractivity contribution >= 4 is 5.69 Å². The highest BCUT2D eigenvalue weighted by Crippen LogP contribution is 2.19. The molecule has 1 aliphatic heterocycles. The molecule has 2 rings (SSSR count). The number of ether oxygens (including phenoxy) is 1. The molecule has 1 fully saturated rings. The lowest BCUT2D eigenvalue weighted by atomic mass is 10.2. The maximum absolute atomic E-state index is 5.47. The molecule has 0 spiro atoms. The van der Waals surface area contributed by atoms with E-state index < -0.39 is 0 Å². The number of hydrogen-bond donors (Lipinski definition) is 1. The fourth-order valence-electron chi connectivity index (χ4n) is 2.16. The molecule has 0 aliphatic carbocycles. The Labute approximate surface area is 109 Å². The van der Waals surface area contributed by atoms with E-state index >= 15 is 0 Å². The molecule has 0 radical (unpaired) electrons. The third kappa shape index (κ3) is 3.43. The molecular formula is C14H23N3O. The molecule has 1 saturated heterocycles. The maximum atomic E-state index is 5.47. The number of rotatable bonds is 4. The zero-order valence-corrected chi connectivity index (χ0v) is 11.5. The molecule has 100 valence electrons. The van der Waals surface area contributed by atoms with E-state index in [1.54, 1.807) is 0 Å². The summed E-state index contributed by atoms with van der Waals surface area (Å²) < 4.78 is 5.47. The van der Waals surface area contributed by atoms with E-state index in [9.17, 15) is 0 Å². The van der Waals surface area contributed by atoms with Crippen LogP contribution in [0.4, 0.5) is 5.69 Å². The minimum absolute atomic E-state index is 0.437. The highest BCUT2D eigenvalue weighted by atomic mass is 16.5. The average molecular weight is 249 g/mol. The Morgan fingerprint density at radius 1 is 1.56 bits per heavy atom. The van der Waals surface area contributed by atoms with E-state index in [4.69, 9.17) is 4.74 Å². The predicted octanol–water partition coefficient (Wildman–Crippen LogP) is 1.80. The second kappa shape index (κ2) is 6.16. The second-order valence-corrected chi connectivity index (χ2v) is 5.16. The molecule has 4 heteroatoms. The molecule has 1 atom stereocenters. The number of nitrogens with zero attached hydrogens (tertiary/aromatic N) is 2. The van der Waals surface area contributed by atoms with Crippen molar-refractivity contribution in [3.8, 4) is 0 Å². The van der Waals surface area contributed by atoms with E-state index in [1.165, 1.54) is 5.69 Å².